The molecule has 0 spiro atoms. The van der Waals surface area contributed by atoms with Crippen molar-refractivity contribution < 1.29 is 4.74 Å². The summed E-state index contributed by atoms with van der Waals surface area (Å²) in [4.78, 5) is 3.90. The molecule has 2 rings (SSSR count). The minimum absolute atomic E-state index is 0.402. The molecule has 0 amide bonds. The number of ether oxygens (including phenoxy) is 1. The predicted octanol–water partition coefficient (Wildman–Crippen LogP) is 1.33. The summed E-state index contributed by atoms with van der Waals surface area (Å²) in [6.45, 7) is 2.85. The number of piperidine rings is 1. The lowest BCUT2D eigenvalue weighted by Crippen LogP contribution is -2.33. The van der Waals surface area contributed by atoms with Crippen molar-refractivity contribution in [1.29, 1.82) is 5.26 Å². The smallest absolute Gasteiger partial charge is 0.144 e. The Kier molecular flexibility index (Phi) is 3.73. The lowest BCUT2D eigenvalue weighted by atomic mass is 10.0. The topological polar surface area (TPSA) is 57.9 Å². The van der Waals surface area contributed by atoms with Gasteiger partial charge in [-0.25, -0.2) is 4.98 Å². The number of aromatic nitrogens is 1. The standard InChI is InChI=1S/C12H15N3O/c13-7-11-6-12(3-5-15-11)16-9-10-2-1-4-14-8-10/h3,5-6,10,14H,1-2,4,8-9H2. The summed E-state index contributed by atoms with van der Waals surface area (Å²) >= 11 is 0. The number of nitrogens with one attached hydrogen (secondary N) is 1. The Morgan fingerprint density at radius 1 is 1.62 bits per heavy atom. The second kappa shape index (κ2) is 5.47. The largest absolute Gasteiger partial charge is 0.493 e. The van der Waals surface area contributed by atoms with Gasteiger partial charge in [0.2, 0.25) is 0 Å². The molecule has 1 aliphatic heterocycles. The lowest BCUT2D eigenvalue weighted by molar-refractivity contribution is 0.218. The fraction of sp³-hybridized carbons (Fsp3) is 0.500. The average Bonchev–Trinajstić information content (AvgIpc) is 2.38. The first kappa shape index (κ1) is 10.9. The van der Waals surface area contributed by atoms with Crippen LogP contribution in [-0.4, -0.2) is 24.7 Å². The van der Waals surface area contributed by atoms with Gasteiger partial charge in [0.1, 0.15) is 17.5 Å². The van der Waals surface area contributed by atoms with Gasteiger partial charge in [-0.1, -0.05) is 0 Å². The van der Waals surface area contributed by atoms with Crippen LogP contribution in [0.3, 0.4) is 0 Å². The number of hydrogen-bond donors (Lipinski definition) is 1. The number of nitriles is 1. The van der Waals surface area contributed by atoms with Crippen LogP contribution in [0.25, 0.3) is 0 Å². The summed E-state index contributed by atoms with van der Waals surface area (Å²) in [5, 5.41) is 12.0. The Morgan fingerprint density at radius 2 is 2.56 bits per heavy atom. The Labute approximate surface area is 95.3 Å². The quantitative estimate of drug-likeness (QED) is 0.829. The van der Waals surface area contributed by atoms with Crippen LogP contribution in [0, 0.1) is 17.2 Å². The number of pyridine rings is 1. The van der Waals surface area contributed by atoms with Crippen LogP contribution in [-0.2, 0) is 0 Å². The van der Waals surface area contributed by atoms with E-state index in [2.05, 4.69) is 10.3 Å². The van der Waals surface area contributed by atoms with E-state index >= 15 is 0 Å². The van der Waals surface area contributed by atoms with Gasteiger partial charge in [0.05, 0.1) is 6.61 Å². The molecule has 1 N–H and O–H groups in total. The minimum atomic E-state index is 0.402. The molecule has 16 heavy (non-hydrogen) atoms. The maximum atomic E-state index is 8.70. The van der Waals surface area contributed by atoms with Crippen LogP contribution in [0.1, 0.15) is 18.5 Å². The maximum Gasteiger partial charge on any atom is 0.144 e. The normalized spacial score (nSPS) is 20.1. The second-order valence-electron chi connectivity index (χ2n) is 4.01. The summed E-state index contributed by atoms with van der Waals surface area (Å²) in [6, 6.07) is 5.47. The molecule has 2 heterocycles. The van der Waals surface area contributed by atoms with Crippen LogP contribution < -0.4 is 10.1 Å². The molecular weight excluding hydrogens is 202 g/mol. The van der Waals surface area contributed by atoms with Crippen LogP contribution in [0.4, 0.5) is 0 Å². The Balaban J connectivity index is 1.86. The molecule has 0 aliphatic carbocycles. The third-order valence-corrected chi connectivity index (χ3v) is 2.73. The molecule has 1 unspecified atom stereocenters. The van der Waals surface area contributed by atoms with Gasteiger partial charge in [0, 0.05) is 24.7 Å². The molecule has 0 radical (unpaired) electrons. The number of nitrogens with zero attached hydrogens (tertiary/aromatic N) is 2. The first-order chi connectivity index (χ1) is 7.88. The molecule has 1 atom stereocenters. The van der Waals surface area contributed by atoms with Crippen LogP contribution in [0.5, 0.6) is 5.75 Å². The van der Waals surface area contributed by atoms with Gasteiger partial charge in [-0.3, -0.25) is 0 Å². The molecule has 1 fully saturated rings. The van der Waals surface area contributed by atoms with E-state index in [1.54, 1.807) is 18.3 Å². The minimum Gasteiger partial charge on any atom is -0.493 e. The highest BCUT2D eigenvalue weighted by molar-refractivity contribution is 5.29. The monoisotopic (exact) mass is 217 g/mol. The second-order valence-corrected chi connectivity index (χ2v) is 4.01. The van der Waals surface area contributed by atoms with E-state index in [-0.39, 0.29) is 0 Å². The van der Waals surface area contributed by atoms with Crippen molar-refractivity contribution >= 4 is 0 Å². The van der Waals surface area contributed by atoms with Gasteiger partial charge in [0.25, 0.3) is 0 Å². The molecule has 0 aromatic carbocycles. The summed E-state index contributed by atoms with van der Waals surface area (Å²) in [5.74, 6) is 1.31. The molecule has 0 bridgehead atoms. The molecule has 4 heteroatoms. The van der Waals surface area contributed by atoms with E-state index in [0.29, 0.717) is 18.2 Å². The SMILES string of the molecule is N#Cc1cc(OCC2CCCNC2)ccn1. The molecule has 4 nitrogen and oxygen atoms in total. The van der Waals surface area contributed by atoms with E-state index in [1.807, 2.05) is 6.07 Å². The van der Waals surface area contributed by atoms with Crippen molar-refractivity contribution in [3.05, 3.63) is 24.0 Å². The summed E-state index contributed by atoms with van der Waals surface area (Å²) in [7, 11) is 0. The predicted molar refractivity (Wildman–Crippen MR) is 60.0 cm³/mol. The van der Waals surface area contributed by atoms with Crippen LogP contribution in [0.15, 0.2) is 18.3 Å². The zero-order valence-electron chi connectivity index (χ0n) is 9.15. The first-order valence-electron chi connectivity index (χ1n) is 5.58. The van der Waals surface area contributed by atoms with Gasteiger partial charge in [-0.15, -0.1) is 0 Å². The van der Waals surface area contributed by atoms with Crippen molar-refractivity contribution in [2.24, 2.45) is 5.92 Å². The maximum absolute atomic E-state index is 8.70. The van der Waals surface area contributed by atoms with Gasteiger partial charge < -0.3 is 10.1 Å². The van der Waals surface area contributed by atoms with Crippen molar-refractivity contribution in [3.8, 4) is 11.8 Å². The number of rotatable bonds is 3. The van der Waals surface area contributed by atoms with E-state index < -0.39 is 0 Å². The third-order valence-electron chi connectivity index (χ3n) is 2.73. The Hall–Kier alpha value is -1.60. The molecule has 1 aromatic heterocycles. The summed E-state index contributed by atoms with van der Waals surface area (Å²) < 4.78 is 5.66. The summed E-state index contributed by atoms with van der Waals surface area (Å²) in [6.07, 6.45) is 4.03. The Bertz CT molecular complexity index is 380. The molecular formula is C12H15N3O. The van der Waals surface area contributed by atoms with Crippen LogP contribution in [0.2, 0.25) is 0 Å². The lowest BCUT2D eigenvalue weighted by Gasteiger charge is -2.22. The van der Waals surface area contributed by atoms with E-state index in [4.69, 9.17) is 10.00 Å². The fourth-order valence-electron chi connectivity index (χ4n) is 1.84. The average molecular weight is 217 g/mol. The van der Waals surface area contributed by atoms with Gasteiger partial charge in [-0.05, 0) is 25.5 Å². The van der Waals surface area contributed by atoms with E-state index in [1.165, 1.54) is 12.8 Å². The van der Waals surface area contributed by atoms with Crippen molar-refractivity contribution in [1.82, 2.24) is 10.3 Å². The molecule has 1 aliphatic rings. The third kappa shape index (κ3) is 2.94. The highest BCUT2D eigenvalue weighted by atomic mass is 16.5. The van der Waals surface area contributed by atoms with Gasteiger partial charge >= 0.3 is 0 Å². The highest BCUT2D eigenvalue weighted by Gasteiger charge is 2.13. The van der Waals surface area contributed by atoms with Gasteiger partial charge in [-0.2, -0.15) is 5.26 Å². The highest BCUT2D eigenvalue weighted by Crippen LogP contribution is 2.15. The van der Waals surface area contributed by atoms with Crippen molar-refractivity contribution in [2.75, 3.05) is 19.7 Å². The van der Waals surface area contributed by atoms with Crippen LogP contribution >= 0.6 is 0 Å². The molecule has 1 aromatic rings. The fourth-order valence-corrected chi connectivity index (χ4v) is 1.84. The van der Waals surface area contributed by atoms with Crippen molar-refractivity contribution in [2.45, 2.75) is 12.8 Å². The zero-order valence-corrected chi connectivity index (χ0v) is 9.15. The number of hydrogen-bond acceptors (Lipinski definition) is 4. The Morgan fingerprint density at radius 3 is 3.31 bits per heavy atom. The molecule has 1 saturated heterocycles. The first-order valence-corrected chi connectivity index (χ1v) is 5.58. The van der Waals surface area contributed by atoms with E-state index in [0.717, 1.165) is 18.8 Å². The summed E-state index contributed by atoms with van der Waals surface area (Å²) in [5.41, 5.74) is 0.402. The van der Waals surface area contributed by atoms with E-state index in [9.17, 15) is 0 Å². The molecule has 0 saturated carbocycles. The van der Waals surface area contributed by atoms with Gasteiger partial charge in [0.15, 0.2) is 0 Å². The molecule has 84 valence electrons. The zero-order chi connectivity index (χ0) is 11.2. The van der Waals surface area contributed by atoms with Crippen molar-refractivity contribution in [3.63, 3.8) is 0 Å².